The maximum absolute atomic E-state index is 13.4. The zero-order valence-electron chi connectivity index (χ0n) is 18.7. The molecule has 1 atom stereocenters. The molecule has 1 fully saturated rings. The van der Waals surface area contributed by atoms with Crippen molar-refractivity contribution in [2.24, 2.45) is 0 Å². The SMILES string of the molecule is COc1ccc(Nc2cccc3c2C(=O)N(C2CCC(=O)NC2=O)C3=O)c(Oc2ccccc2)c1. The number of carbonyl (C=O) groups excluding carboxylic acids is 4. The molecule has 9 nitrogen and oxygen atoms in total. The monoisotopic (exact) mass is 471 g/mol. The minimum Gasteiger partial charge on any atom is -0.497 e. The number of hydrogen-bond donors (Lipinski definition) is 2. The summed E-state index contributed by atoms with van der Waals surface area (Å²) in [6.45, 7) is 0. The first-order chi connectivity index (χ1) is 17.0. The minimum absolute atomic E-state index is 0.0565. The zero-order valence-corrected chi connectivity index (χ0v) is 18.7. The largest absolute Gasteiger partial charge is 0.497 e. The van der Waals surface area contributed by atoms with E-state index in [1.54, 1.807) is 43.5 Å². The van der Waals surface area contributed by atoms with Gasteiger partial charge in [-0.2, -0.15) is 0 Å². The third-order valence-corrected chi connectivity index (χ3v) is 5.90. The summed E-state index contributed by atoms with van der Waals surface area (Å²) in [6.07, 6.45) is 0.146. The van der Waals surface area contributed by atoms with Crippen LogP contribution in [-0.4, -0.2) is 41.7 Å². The van der Waals surface area contributed by atoms with Crippen LogP contribution >= 0.6 is 0 Å². The fraction of sp³-hybridized carbons (Fsp3) is 0.154. The van der Waals surface area contributed by atoms with E-state index in [4.69, 9.17) is 9.47 Å². The molecule has 0 aliphatic carbocycles. The number of amides is 4. The van der Waals surface area contributed by atoms with E-state index in [0.717, 1.165) is 4.90 Å². The van der Waals surface area contributed by atoms with Crippen LogP contribution in [0.5, 0.6) is 17.2 Å². The van der Waals surface area contributed by atoms with E-state index in [9.17, 15) is 19.2 Å². The third-order valence-electron chi connectivity index (χ3n) is 5.90. The average molecular weight is 471 g/mol. The summed E-state index contributed by atoms with van der Waals surface area (Å²) >= 11 is 0. The summed E-state index contributed by atoms with van der Waals surface area (Å²) in [5.74, 6) is -0.602. The summed E-state index contributed by atoms with van der Waals surface area (Å²) in [4.78, 5) is 51.3. The first kappa shape index (κ1) is 22.1. The van der Waals surface area contributed by atoms with Gasteiger partial charge in [0, 0.05) is 12.5 Å². The van der Waals surface area contributed by atoms with E-state index in [0.29, 0.717) is 28.6 Å². The number of methoxy groups -OCH3 is 1. The first-order valence-electron chi connectivity index (χ1n) is 11.0. The number of nitrogens with one attached hydrogen (secondary N) is 2. The average Bonchev–Trinajstić information content (AvgIpc) is 3.11. The van der Waals surface area contributed by atoms with Gasteiger partial charge in [0.25, 0.3) is 11.8 Å². The lowest BCUT2D eigenvalue weighted by Crippen LogP contribution is -2.54. The Bertz CT molecular complexity index is 1350. The summed E-state index contributed by atoms with van der Waals surface area (Å²) < 4.78 is 11.4. The predicted octanol–water partition coefficient (Wildman–Crippen LogP) is 3.63. The Morgan fingerprint density at radius 2 is 1.69 bits per heavy atom. The second kappa shape index (κ2) is 8.94. The van der Waals surface area contributed by atoms with Crippen LogP contribution in [0.15, 0.2) is 66.7 Å². The summed E-state index contributed by atoms with van der Waals surface area (Å²) in [7, 11) is 1.55. The number of rotatable bonds is 6. The van der Waals surface area contributed by atoms with Gasteiger partial charge >= 0.3 is 0 Å². The minimum atomic E-state index is -1.04. The number of para-hydroxylation sites is 1. The second-order valence-corrected chi connectivity index (χ2v) is 8.08. The standard InChI is InChI=1S/C26H21N3O6/c1-34-16-10-11-18(21(14-16)35-15-6-3-2-4-7-15)27-19-9-5-8-17-23(19)26(33)29(25(17)32)20-12-13-22(30)28-24(20)31/h2-11,14,20,27H,12-13H2,1H3,(H,28,30,31). The van der Waals surface area contributed by atoms with Gasteiger partial charge in [0.05, 0.1) is 29.6 Å². The van der Waals surface area contributed by atoms with Crippen molar-refractivity contribution in [1.29, 1.82) is 0 Å². The van der Waals surface area contributed by atoms with Gasteiger partial charge in [-0.05, 0) is 42.8 Å². The molecule has 2 heterocycles. The maximum atomic E-state index is 13.4. The van der Waals surface area contributed by atoms with Gasteiger partial charge in [-0.1, -0.05) is 24.3 Å². The highest BCUT2D eigenvalue weighted by Gasteiger charge is 2.45. The van der Waals surface area contributed by atoms with Crippen molar-refractivity contribution in [3.8, 4) is 17.2 Å². The molecule has 2 aliphatic heterocycles. The van der Waals surface area contributed by atoms with Crippen molar-refractivity contribution in [3.05, 3.63) is 77.9 Å². The van der Waals surface area contributed by atoms with Crippen LogP contribution in [0, 0.1) is 0 Å². The van der Waals surface area contributed by atoms with E-state index in [2.05, 4.69) is 10.6 Å². The molecule has 1 saturated heterocycles. The molecule has 3 aromatic rings. The van der Waals surface area contributed by atoms with Gasteiger partial charge < -0.3 is 14.8 Å². The molecule has 2 N–H and O–H groups in total. The molecular weight excluding hydrogens is 450 g/mol. The zero-order chi connectivity index (χ0) is 24.5. The normalized spacial score (nSPS) is 17.2. The number of ether oxygens (including phenoxy) is 2. The van der Waals surface area contributed by atoms with Gasteiger partial charge in [-0.3, -0.25) is 29.4 Å². The molecule has 4 amide bonds. The lowest BCUT2D eigenvalue weighted by atomic mass is 10.0. The van der Waals surface area contributed by atoms with Crippen molar-refractivity contribution in [2.45, 2.75) is 18.9 Å². The molecule has 3 aromatic carbocycles. The highest BCUT2D eigenvalue weighted by Crippen LogP contribution is 2.38. The van der Waals surface area contributed by atoms with Crippen LogP contribution in [-0.2, 0) is 9.59 Å². The van der Waals surface area contributed by atoms with Crippen molar-refractivity contribution in [2.75, 3.05) is 12.4 Å². The Morgan fingerprint density at radius 1 is 0.886 bits per heavy atom. The quantitative estimate of drug-likeness (QED) is 0.528. The number of piperidine rings is 1. The van der Waals surface area contributed by atoms with E-state index < -0.39 is 29.7 Å². The first-order valence-corrected chi connectivity index (χ1v) is 11.0. The maximum Gasteiger partial charge on any atom is 0.264 e. The van der Waals surface area contributed by atoms with Crippen molar-refractivity contribution < 1.29 is 28.7 Å². The third kappa shape index (κ3) is 4.08. The van der Waals surface area contributed by atoms with Crippen LogP contribution in [0.4, 0.5) is 11.4 Å². The fourth-order valence-corrected chi connectivity index (χ4v) is 4.20. The molecule has 0 saturated carbocycles. The molecule has 0 bridgehead atoms. The molecule has 0 aromatic heterocycles. The Labute approximate surface area is 200 Å². The summed E-state index contributed by atoms with van der Waals surface area (Å²) in [6, 6.07) is 18.2. The Morgan fingerprint density at radius 3 is 2.43 bits per heavy atom. The van der Waals surface area contributed by atoms with Crippen LogP contribution in [0.2, 0.25) is 0 Å². The van der Waals surface area contributed by atoms with E-state index in [1.165, 1.54) is 0 Å². The van der Waals surface area contributed by atoms with Crippen molar-refractivity contribution in [1.82, 2.24) is 10.2 Å². The van der Waals surface area contributed by atoms with Crippen LogP contribution in [0.25, 0.3) is 0 Å². The number of nitrogens with zero attached hydrogens (tertiary/aromatic N) is 1. The highest BCUT2D eigenvalue weighted by atomic mass is 16.5. The Hall–Kier alpha value is -4.66. The predicted molar refractivity (Wildman–Crippen MR) is 126 cm³/mol. The summed E-state index contributed by atoms with van der Waals surface area (Å²) in [5.41, 5.74) is 1.27. The van der Waals surface area contributed by atoms with Gasteiger partial charge in [0.15, 0.2) is 5.75 Å². The number of carbonyl (C=O) groups is 4. The van der Waals surface area contributed by atoms with Gasteiger partial charge in [0.1, 0.15) is 17.5 Å². The van der Waals surface area contributed by atoms with Gasteiger partial charge in [-0.15, -0.1) is 0 Å². The number of fused-ring (bicyclic) bond motifs is 1. The van der Waals surface area contributed by atoms with E-state index in [-0.39, 0.29) is 24.0 Å². The van der Waals surface area contributed by atoms with Crippen LogP contribution in [0.3, 0.4) is 0 Å². The molecule has 5 rings (SSSR count). The second-order valence-electron chi connectivity index (χ2n) is 8.08. The van der Waals surface area contributed by atoms with Crippen molar-refractivity contribution in [3.63, 3.8) is 0 Å². The van der Waals surface area contributed by atoms with Gasteiger partial charge in [-0.25, -0.2) is 0 Å². The molecule has 176 valence electrons. The molecule has 9 heteroatoms. The molecule has 2 aliphatic rings. The molecule has 35 heavy (non-hydrogen) atoms. The lowest BCUT2D eigenvalue weighted by molar-refractivity contribution is -0.136. The topological polar surface area (TPSA) is 114 Å². The van der Waals surface area contributed by atoms with Crippen LogP contribution in [0.1, 0.15) is 33.6 Å². The number of hydrogen-bond acceptors (Lipinski definition) is 7. The van der Waals surface area contributed by atoms with E-state index in [1.807, 2.05) is 30.3 Å². The smallest absolute Gasteiger partial charge is 0.264 e. The van der Waals surface area contributed by atoms with Crippen LogP contribution < -0.4 is 20.1 Å². The number of imide groups is 2. The lowest BCUT2D eigenvalue weighted by Gasteiger charge is -2.27. The summed E-state index contributed by atoms with van der Waals surface area (Å²) in [5, 5.41) is 5.40. The van der Waals surface area contributed by atoms with Crippen molar-refractivity contribution >= 4 is 35.0 Å². The molecule has 0 radical (unpaired) electrons. The fourth-order valence-electron chi connectivity index (χ4n) is 4.20. The Balaban J connectivity index is 1.49. The molecular formula is C26H21N3O6. The number of benzene rings is 3. The van der Waals surface area contributed by atoms with E-state index >= 15 is 0 Å². The van der Waals surface area contributed by atoms with Gasteiger partial charge in [0.2, 0.25) is 11.8 Å². The Kier molecular flexibility index (Phi) is 5.66. The number of anilines is 2. The molecule has 1 unspecified atom stereocenters. The molecule has 0 spiro atoms. The highest BCUT2D eigenvalue weighted by molar-refractivity contribution is 6.25.